The number of carboxylic acid groups (broad SMARTS) is 1. The maximum Gasteiger partial charge on any atom is 0.407 e. The average molecular weight is 340 g/mol. The van der Waals surface area contributed by atoms with Crippen LogP contribution in [0.25, 0.3) is 0 Å². The number of rotatable bonds is 3. The molecule has 2 amide bonds. The summed E-state index contributed by atoms with van der Waals surface area (Å²) in [5.74, 6) is -1.40. The van der Waals surface area contributed by atoms with Crippen molar-refractivity contribution in [2.24, 2.45) is 0 Å². The van der Waals surface area contributed by atoms with E-state index in [4.69, 9.17) is 4.74 Å². The number of likely N-dealkylation sites (tertiary alicyclic amines) is 1. The Morgan fingerprint density at radius 3 is 2.67 bits per heavy atom. The molecule has 0 saturated carbocycles. The zero-order valence-corrected chi connectivity index (χ0v) is 12.9. The molecule has 6 nitrogen and oxygen atoms in total. The second-order valence-electron chi connectivity index (χ2n) is 6.14. The van der Waals surface area contributed by atoms with E-state index in [-0.39, 0.29) is 6.42 Å². The van der Waals surface area contributed by atoms with Crippen molar-refractivity contribution in [1.82, 2.24) is 10.2 Å². The van der Waals surface area contributed by atoms with Crippen LogP contribution in [0.5, 0.6) is 0 Å². The van der Waals surface area contributed by atoms with Gasteiger partial charge in [0.15, 0.2) is 0 Å². The number of nitrogens with one attached hydrogen (secondary N) is 1. The minimum absolute atomic E-state index is 0.162. The second kappa shape index (κ2) is 6.62. The zero-order valence-electron chi connectivity index (χ0n) is 12.9. The highest BCUT2D eigenvalue weighted by atomic mass is 19.1. The lowest BCUT2D eigenvalue weighted by molar-refractivity contribution is 0.0280. The third-order valence-corrected chi connectivity index (χ3v) is 4.50. The number of alkyl carbamates (subject to hydrolysis) is 1. The van der Waals surface area contributed by atoms with Crippen molar-refractivity contribution in [2.75, 3.05) is 6.54 Å². The molecule has 24 heavy (non-hydrogen) atoms. The highest BCUT2D eigenvalue weighted by molar-refractivity contribution is 5.71. The predicted molar refractivity (Wildman–Crippen MR) is 79.6 cm³/mol. The molecule has 2 N–H and O–H groups in total. The normalized spacial score (nSPS) is 26.8. The van der Waals surface area contributed by atoms with Crippen LogP contribution in [0.4, 0.5) is 18.4 Å². The SMILES string of the molecule is O=C1NC(Cc2cc(F)cc(F)c2)C(C2CCCCN2C(=O)O)O1. The van der Waals surface area contributed by atoms with Gasteiger partial charge in [0.05, 0.1) is 12.1 Å². The van der Waals surface area contributed by atoms with E-state index in [2.05, 4.69) is 5.32 Å². The summed E-state index contributed by atoms with van der Waals surface area (Å²) < 4.78 is 32.0. The Morgan fingerprint density at radius 2 is 2.00 bits per heavy atom. The molecule has 3 unspecified atom stereocenters. The van der Waals surface area contributed by atoms with Crippen LogP contribution in [-0.4, -0.2) is 46.9 Å². The first-order chi connectivity index (χ1) is 11.4. The number of amides is 2. The van der Waals surface area contributed by atoms with Crippen molar-refractivity contribution in [1.29, 1.82) is 0 Å². The first kappa shape index (κ1) is 16.5. The number of halogens is 2. The maximum absolute atomic E-state index is 13.4. The van der Waals surface area contributed by atoms with Gasteiger partial charge in [-0.2, -0.15) is 0 Å². The topological polar surface area (TPSA) is 78.9 Å². The van der Waals surface area contributed by atoms with Gasteiger partial charge in [-0.3, -0.25) is 0 Å². The van der Waals surface area contributed by atoms with Gasteiger partial charge in [-0.1, -0.05) is 0 Å². The fourth-order valence-electron chi connectivity index (χ4n) is 3.51. The molecule has 0 aromatic heterocycles. The molecule has 3 rings (SSSR count). The summed E-state index contributed by atoms with van der Waals surface area (Å²) in [4.78, 5) is 24.4. The Bertz CT molecular complexity index is 635. The fraction of sp³-hybridized carbons (Fsp3) is 0.500. The number of nitrogens with zero attached hydrogens (tertiary/aromatic N) is 1. The molecule has 2 aliphatic heterocycles. The van der Waals surface area contributed by atoms with Gasteiger partial charge in [0.25, 0.3) is 0 Å². The van der Waals surface area contributed by atoms with Crippen LogP contribution >= 0.6 is 0 Å². The molecule has 2 heterocycles. The van der Waals surface area contributed by atoms with Crippen molar-refractivity contribution in [3.63, 3.8) is 0 Å². The highest BCUT2D eigenvalue weighted by Crippen LogP contribution is 2.27. The van der Waals surface area contributed by atoms with E-state index in [1.165, 1.54) is 17.0 Å². The predicted octanol–water partition coefficient (Wildman–Crippen LogP) is 2.52. The van der Waals surface area contributed by atoms with Gasteiger partial charge in [0, 0.05) is 12.6 Å². The summed E-state index contributed by atoms with van der Waals surface area (Å²) >= 11 is 0. The van der Waals surface area contributed by atoms with Crippen LogP contribution in [0.15, 0.2) is 18.2 Å². The number of piperidine rings is 1. The molecule has 0 spiro atoms. The fourth-order valence-corrected chi connectivity index (χ4v) is 3.51. The van der Waals surface area contributed by atoms with E-state index < -0.39 is 42.0 Å². The Balaban J connectivity index is 1.80. The lowest BCUT2D eigenvalue weighted by Crippen LogP contribution is -2.53. The van der Waals surface area contributed by atoms with E-state index >= 15 is 0 Å². The molecule has 2 saturated heterocycles. The molecule has 0 aliphatic carbocycles. The number of hydrogen-bond donors (Lipinski definition) is 2. The first-order valence-corrected chi connectivity index (χ1v) is 7.86. The largest absolute Gasteiger partial charge is 0.465 e. The van der Waals surface area contributed by atoms with Crippen molar-refractivity contribution in [2.45, 2.75) is 43.9 Å². The maximum atomic E-state index is 13.4. The Hall–Kier alpha value is -2.38. The monoisotopic (exact) mass is 340 g/mol. The summed E-state index contributed by atoms with van der Waals surface area (Å²) in [6.07, 6.45) is -0.0358. The molecule has 2 aliphatic rings. The van der Waals surface area contributed by atoms with Crippen molar-refractivity contribution < 1.29 is 28.2 Å². The standard InChI is InChI=1S/C16H18F2N2O4/c17-10-5-9(6-11(18)8-10)7-12-14(24-15(21)19-12)13-3-1-2-4-20(13)16(22)23/h5-6,8,12-14H,1-4,7H2,(H,19,21)(H,22,23). The lowest BCUT2D eigenvalue weighted by atomic mass is 9.91. The third-order valence-electron chi connectivity index (χ3n) is 4.50. The quantitative estimate of drug-likeness (QED) is 0.886. The summed E-state index contributed by atoms with van der Waals surface area (Å²) in [5.41, 5.74) is 0.381. The molecular weight excluding hydrogens is 322 g/mol. The van der Waals surface area contributed by atoms with Gasteiger partial charge in [0.1, 0.15) is 17.7 Å². The smallest absolute Gasteiger partial charge is 0.407 e. The number of cyclic esters (lactones) is 1. The average Bonchev–Trinajstić information content (AvgIpc) is 2.86. The van der Waals surface area contributed by atoms with Crippen LogP contribution in [0, 0.1) is 11.6 Å². The molecule has 3 atom stereocenters. The number of carbonyl (C=O) groups is 2. The highest BCUT2D eigenvalue weighted by Gasteiger charge is 2.44. The number of hydrogen-bond acceptors (Lipinski definition) is 3. The van der Waals surface area contributed by atoms with Crippen LogP contribution in [0.1, 0.15) is 24.8 Å². The number of ether oxygens (including phenoxy) is 1. The minimum Gasteiger partial charge on any atom is -0.465 e. The van der Waals surface area contributed by atoms with Crippen molar-refractivity contribution in [3.8, 4) is 0 Å². The zero-order chi connectivity index (χ0) is 17.3. The first-order valence-electron chi connectivity index (χ1n) is 7.86. The molecule has 1 aromatic rings. The van der Waals surface area contributed by atoms with Gasteiger partial charge < -0.3 is 20.1 Å². The number of carbonyl (C=O) groups excluding carboxylic acids is 1. The molecule has 1 aromatic carbocycles. The Labute approximate surface area is 137 Å². The second-order valence-corrected chi connectivity index (χ2v) is 6.14. The Morgan fingerprint density at radius 1 is 1.29 bits per heavy atom. The van der Waals surface area contributed by atoms with E-state index in [0.717, 1.165) is 18.9 Å². The molecule has 0 radical (unpaired) electrons. The van der Waals surface area contributed by atoms with Gasteiger partial charge in [-0.05, 0) is 43.4 Å². The third kappa shape index (κ3) is 3.42. The number of benzene rings is 1. The summed E-state index contributed by atoms with van der Waals surface area (Å²) in [5, 5.41) is 12.0. The van der Waals surface area contributed by atoms with Crippen LogP contribution in [-0.2, 0) is 11.2 Å². The van der Waals surface area contributed by atoms with E-state index in [1.807, 2.05) is 0 Å². The lowest BCUT2D eigenvalue weighted by Gasteiger charge is -2.37. The summed E-state index contributed by atoms with van der Waals surface area (Å²) in [6, 6.07) is 2.17. The molecule has 2 fully saturated rings. The van der Waals surface area contributed by atoms with Gasteiger partial charge in [-0.25, -0.2) is 18.4 Å². The van der Waals surface area contributed by atoms with E-state index in [9.17, 15) is 23.5 Å². The van der Waals surface area contributed by atoms with Gasteiger partial charge in [0.2, 0.25) is 0 Å². The minimum atomic E-state index is -1.06. The molecule has 0 bridgehead atoms. The molecule has 8 heteroatoms. The van der Waals surface area contributed by atoms with Gasteiger partial charge >= 0.3 is 12.2 Å². The van der Waals surface area contributed by atoms with E-state index in [1.54, 1.807) is 0 Å². The van der Waals surface area contributed by atoms with Crippen molar-refractivity contribution in [3.05, 3.63) is 35.4 Å². The Kier molecular flexibility index (Phi) is 4.55. The molecular formula is C16H18F2N2O4. The van der Waals surface area contributed by atoms with Crippen LogP contribution in [0.3, 0.4) is 0 Å². The summed E-state index contributed by atoms with van der Waals surface area (Å²) in [6.45, 7) is 0.384. The van der Waals surface area contributed by atoms with Crippen LogP contribution in [0.2, 0.25) is 0 Å². The van der Waals surface area contributed by atoms with Crippen LogP contribution < -0.4 is 5.32 Å². The molecule has 130 valence electrons. The van der Waals surface area contributed by atoms with Crippen molar-refractivity contribution >= 4 is 12.2 Å². The van der Waals surface area contributed by atoms with E-state index in [0.29, 0.717) is 18.5 Å². The summed E-state index contributed by atoms with van der Waals surface area (Å²) in [7, 11) is 0. The van der Waals surface area contributed by atoms with Gasteiger partial charge in [-0.15, -0.1) is 0 Å².